The highest BCUT2D eigenvalue weighted by Gasteiger charge is 2.42. The third-order valence-electron chi connectivity index (χ3n) is 6.67. The first-order chi connectivity index (χ1) is 15.8. The molecule has 1 fully saturated rings. The number of amides is 1. The monoisotopic (exact) mass is 467 g/mol. The zero-order valence-corrected chi connectivity index (χ0v) is 21.0. The lowest BCUT2D eigenvalue weighted by Crippen LogP contribution is -2.43. The number of fused-ring (bicyclic) bond motifs is 1. The van der Waals surface area contributed by atoms with Gasteiger partial charge in [0, 0.05) is 18.3 Å². The Morgan fingerprint density at radius 1 is 1.21 bits per heavy atom. The number of esters is 1. The maximum atomic E-state index is 13.3. The molecule has 0 bridgehead atoms. The number of allylic oxidation sites excluding steroid dienone is 1. The summed E-state index contributed by atoms with van der Waals surface area (Å²) >= 11 is 1.52. The van der Waals surface area contributed by atoms with E-state index < -0.39 is 0 Å². The molecule has 0 aromatic heterocycles. The van der Waals surface area contributed by atoms with Crippen LogP contribution < -0.4 is 0 Å². The smallest absolute Gasteiger partial charge is 0.338 e. The van der Waals surface area contributed by atoms with E-state index in [0.717, 1.165) is 41.4 Å². The predicted molar refractivity (Wildman–Crippen MR) is 133 cm³/mol. The minimum atomic E-state index is -0.370. The van der Waals surface area contributed by atoms with Crippen LogP contribution in [0.3, 0.4) is 0 Å². The molecule has 2 unspecified atom stereocenters. The van der Waals surface area contributed by atoms with Crippen molar-refractivity contribution in [2.45, 2.75) is 72.4 Å². The third-order valence-corrected chi connectivity index (χ3v) is 7.56. The third kappa shape index (κ3) is 4.60. The largest absolute Gasteiger partial charge is 0.463 e. The number of nitrogens with zero attached hydrogens (tertiary/aromatic N) is 3. The van der Waals surface area contributed by atoms with Gasteiger partial charge in [-0.05, 0) is 70.4 Å². The average molecular weight is 468 g/mol. The molecule has 0 radical (unpaired) electrons. The van der Waals surface area contributed by atoms with Gasteiger partial charge in [0.1, 0.15) is 0 Å². The van der Waals surface area contributed by atoms with Crippen LogP contribution in [0.4, 0.5) is 0 Å². The molecule has 0 saturated carbocycles. The quantitative estimate of drug-likeness (QED) is 0.555. The van der Waals surface area contributed by atoms with Crippen LogP contribution in [0, 0.1) is 13.8 Å². The number of benzene rings is 1. The lowest BCUT2D eigenvalue weighted by atomic mass is 9.90. The number of aryl methyl sites for hydroxylation is 2. The number of hydrogen-bond donors (Lipinski definition) is 0. The molecule has 0 spiro atoms. The van der Waals surface area contributed by atoms with E-state index in [1.54, 1.807) is 0 Å². The SMILES string of the molecule is CCOC(=O)C1=C(C)N=C2SC=C(CC(=O)N3CCCCC3C)N2C1c1ccc(C)cc1C. The Morgan fingerprint density at radius 2 is 2.00 bits per heavy atom. The number of amidine groups is 1. The van der Waals surface area contributed by atoms with Gasteiger partial charge in [-0.2, -0.15) is 0 Å². The van der Waals surface area contributed by atoms with Gasteiger partial charge in [-0.15, -0.1) is 0 Å². The summed E-state index contributed by atoms with van der Waals surface area (Å²) in [5.74, 6) is -0.214. The lowest BCUT2D eigenvalue weighted by Gasteiger charge is -2.38. The molecule has 3 aliphatic rings. The maximum Gasteiger partial charge on any atom is 0.338 e. The lowest BCUT2D eigenvalue weighted by molar-refractivity contribution is -0.139. The Bertz CT molecular complexity index is 1060. The van der Waals surface area contributed by atoms with Crippen LogP contribution in [0.1, 0.15) is 69.2 Å². The number of carbonyl (C=O) groups is 2. The van der Waals surface area contributed by atoms with Crippen molar-refractivity contribution >= 4 is 28.8 Å². The Balaban J connectivity index is 1.72. The molecule has 3 heterocycles. The van der Waals surface area contributed by atoms with Crippen molar-refractivity contribution < 1.29 is 14.3 Å². The number of piperidine rings is 1. The zero-order valence-electron chi connectivity index (χ0n) is 20.2. The highest BCUT2D eigenvalue weighted by atomic mass is 32.2. The molecule has 3 aliphatic heterocycles. The van der Waals surface area contributed by atoms with Crippen LogP contribution in [-0.4, -0.2) is 46.0 Å². The molecular weight excluding hydrogens is 434 g/mol. The second-order valence-corrected chi connectivity index (χ2v) is 9.92. The summed E-state index contributed by atoms with van der Waals surface area (Å²) in [5.41, 5.74) is 5.40. The van der Waals surface area contributed by atoms with Crippen LogP contribution >= 0.6 is 11.8 Å². The van der Waals surface area contributed by atoms with Crippen molar-refractivity contribution in [2.75, 3.05) is 13.2 Å². The van der Waals surface area contributed by atoms with Crippen molar-refractivity contribution in [3.63, 3.8) is 0 Å². The second-order valence-electron chi connectivity index (χ2n) is 9.08. The number of ether oxygens (including phenoxy) is 1. The first-order valence-corrected chi connectivity index (χ1v) is 12.7. The van der Waals surface area contributed by atoms with Gasteiger partial charge in [-0.3, -0.25) is 4.79 Å². The summed E-state index contributed by atoms with van der Waals surface area (Å²) in [6.45, 7) is 11.1. The van der Waals surface area contributed by atoms with Crippen LogP contribution in [0.2, 0.25) is 0 Å². The number of likely N-dealkylation sites (tertiary alicyclic amines) is 1. The molecule has 1 aromatic rings. The van der Waals surface area contributed by atoms with Crippen molar-refractivity contribution in [1.82, 2.24) is 9.80 Å². The van der Waals surface area contributed by atoms with E-state index in [9.17, 15) is 9.59 Å². The summed E-state index contributed by atoms with van der Waals surface area (Å²) in [5, 5.41) is 2.82. The van der Waals surface area contributed by atoms with Crippen molar-refractivity contribution in [3.05, 3.63) is 57.3 Å². The van der Waals surface area contributed by atoms with Gasteiger partial charge < -0.3 is 14.5 Å². The number of thioether (sulfide) groups is 1. The fourth-order valence-electron chi connectivity index (χ4n) is 4.99. The predicted octanol–water partition coefficient (Wildman–Crippen LogP) is 5.23. The van der Waals surface area contributed by atoms with E-state index in [1.807, 2.05) is 24.2 Å². The molecule has 0 N–H and O–H groups in total. The van der Waals surface area contributed by atoms with E-state index in [1.165, 1.54) is 23.7 Å². The molecule has 0 aliphatic carbocycles. The van der Waals surface area contributed by atoms with E-state index in [2.05, 4.69) is 43.9 Å². The molecule has 1 saturated heterocycles. The van der Waals surface area contributed by atoms with Gasteiger partial charge >= 0.3 is 5.97 Å². The van der Waals surface area contributed by atoms with Crippen LogP contribution in [0.5, 0.6) is 0 Å². The Labute approximate surface area is 200 Å². The topological polar surface area (TPSA) is 62.2 Å². The minimum Gasteiger partial charge on any atom is -0.463 e. The van der Waals surface area contributed by atoms with E-state index in [0.29, 0.717) is 24.3 Å². The molecule has 33 heavy (non-hydrogen) atoms. The average Bonchev–Trinajstić information content (AvgIpc) is 3.15. The van der Waals surface area contributed by atoms with Gasteiger partial charge in [0.2, 0.25) is 5.91 Å². The zero-order chi connectivity index (χ0) is 23.7. The van der Waals surface area contributed by atoms with Gasteiger partial charge in [-0.1, -0.05) is 35.5 Å². The van der Waals surface area contributed by atoms with Crippen molar-refractivity contribution in [3.8, 4) is 0 Å². The Morgan fingerprint density at radius 3 is 2.70 bits per heavy atom. The van der Waals surface area contributed by atoms with Gasteiger partial charge in [0.15, 0.2) is 5.17 Å². The second kappa shape index (κ2) is 9.75. The number of rotatable bonds is 5. The summed E-state index contributed by atoms with van der Waals surface area (Å²) in [6.07, 6.45) is 3.58. The fourth-order valence-corrected chi connectivity index (χ4v) is 5.96. The number of aliphatic imine (C=N–C) groups is 1. The first kappa shape index (κ1) is 23.6. The van der Waals surface area contributed by atoms with Crippen molar-refractivity contribution in [2.24, 2.45) is 4.99 Å². The maximum absolute atomic E-state index is 13.3. The van der Waals surface area contributed by atoms with E-state index in [4.69, 9.17) is 9.73 Å². The van der Waals surface area contributed by atoms with Crippen LogP contribution in [-0.2, 0) is 14.3 Å². The molecule has 1 amide bonds. The van der Waals surface area contributed by atoms with Crippen LogP contribution in [0.25, 0.3) is 0 Å². The fraction of sp³-hybridized carbons (Fsp3) is 0.500. The van der Waals surface area contributed by atoms with E-state index >= 15 is 0 Å². The molecule has 7 heteroatoms. The van der Waals surface area contributed by atoms with E-state index in [-0.39, 0.29) is 24.0 Å². The standard InChI is InChI=1S/C26H33N3O3S/c1-6-32-25(31)23-19(5)27-26-29(24(23)21-11-10-16(2)13-17(21)3)20(15-33-26)14-22(30)28-12-8-7-9-18(28)4/h10-11,13,15,18,24H,6-9,12,14H2,1-5H3. The molecule has 4 rings (SSSR count). The summed E-state index contributed by atoms with van der Waals surface area (Å²) in [6, 6.07) is 6.18. The van der Waals surface area contributed by atoms with Gasteiger partial charge in [0.05, 0.1) is 30.3 Å². The summed E-state index contributed by atoms with van der Waals surface area (Å²) in [7, 11) is 0. The van der Waals surface area contributed by atoms with Gasteiger partial charge in [0.25, 0.3) is 0 Å². The molecule has 176 valence electrons. The van der Waals surface area contributed by atoms with Crippen molar-refractivity contribution in [1.29, 1.82) is 0 Å². The Kier molecular flexibility index (Phi) is 6.98. The number of hydrogen-bond acceptors (Lipinski definition) is 6. The number of carbonyl (C=O) groups excluding carboxylic acids is 2. The molecular formula is C26H33N3O3S. The highest BCUT2D eigenvalue weighted by Crippen LogP contribution is 2.45. The molecule has 1 aromatic carbocycles. The highest BCUT2D eigenvalue weighted by molar-refractivity contribution is 8.16. The first-order valence-electron chi connectivity index (χ1n) is 11.8. The molecule has 2 atom stereocenters. The van der Waals surface area contributed by atoms with Crippen LogP contribution in [0.15, 0.2) is 45.6 Å². The Hall–Kier alpha value is -2.54. The van der Waals surface area contributed by atoms with Gasteiger partial charge in [-0.25, -0.2) is 9.79 Å². The minimum absolute atomic E-state index is 0.138. The summed E-state index contributed by atoms with van der Waals surface area (Å²) < 4.78 is 5.45. The summed E-state index contributed by atoms with van der Waals surface area (Å²) in [4.78, 5) is 35.2. The normalized spacial score (nSPS) is 22.7. The molecule has 6 nitrogen and oxygen atoms in total.